The van der Waals surface area contributed by atoms with Crippen molar-refractivity contribution in [3.63, 3.8) is 0 Å². The van der Waals surface area contributed by atoms with Crippen LogP contribution >= 0.6 is 15.9 Å². The molecule has 1 aliphatic rings. The highest BCUT2D eigenvalue weighted by atomic mass is 79.9. The lowest BCUT2D eigenvalue weighted by molar-refractivity contribution is -0.142. The number of hydrogen-bond donors (Lipinski definition) is 1. The Morgan fingerprint density at radius 3 is 3.00 bits per heavy atom. The van der Waals surface area contributed by atoms with Crippen LogP contribution in [0.25, 0.3) is 11.4 Å². The Morgan fingerprint density at radius 2 is 2.32 bits per heavy atom. The average molecular weight is 322 g/mol. The van der Waals surface area contributed by atoms with Crippen molar-refractivity contribution in [2.24, 2.45) is 5.92 Å². The zero-order valence-electron chi connectivity index (χ0n) is 10.1. The molecule has 0 saturated carbocycles. The van der Waals surface area contributed by atoms with Crippen molar-refractivity contribution < 1.29 is 9.90 Å². The third kappa shape index (κ3) is 2.16. The number of halogens is 1. The number of pyridine rings is 1. The van der Waals surface area contributed by atoms with E-state index < -0.39 is 5.97 Å². The predicted molar refractivity (Wildman–Crippen MR) is 72.6 cm³/mol. The van der Waals surface area contributed by atoms with E-state index in [1.54, 1.807) is 6.20 Å². The van der Waals surface area contributed by atoms with Crippen molar-refractivity contribution in [3.05, 3.63) is 34.8 Å². The van der Waals surface area contributed by atoms with Gasteiger partial charge in [0, 0.05) is 24.9 Å². The molecule has 0 bridgehead atoms. The van der Waals surface area contributed by atoms with Crippen molar-refractivity contribution in [1.82, 2.24) is 14.5 Å². The van der Waals surface area contributed by atoms with Gasteiger partial charge in [-0.3, -0.25) is 9.78 Å². The van der Waals surface area contributed by atoms with E-state index in [1.807, 2.05) is 22.8 Å². The van der Waals surface area contributed by atoms with E-state index in [0.717, 1.165) is 21.8 Å². The molecular weight excluding hydrogens is 310 g/mol. The van der Waals surface area contributed by atoms with Gasteiger partial charge in [-0.2, -0.15) is 0 Å². The minimum atomic E-state index is -0.740. The first-order valence-corrected chi connectivity index (χ1v) is 6.85. The van der Waals surface area contributed by atoms with E-state index >= 15 is 0 Å². The molecule has 1 N–H and O–H groups in total. The summed E-state index contributed by atoms with van der Waals surface area (Å²) >= 11 is 3.43. The Hall–Kier alpha value is -1.69. The highest BCUT2D eigenvalue weighted by molar-refractivity contribution is 9.10. The molecule has 1 unspecified atom stereocenters. The third-order valence-corrected chi connectivity index (χ3v) is 4.03. The first-order valence-electron chi connectivity index (χ1n) is 6.06. The highest BCUT2D eigenvalue weighted by Crippen LogP contribution is 2.32. The van der Waals surface area contributed by atoms with E-state index in [2.05, 4.69) is 25.9 Å². The van der Waals surface area contributed by atoms with Crippen molar-refractivity contribution in [2.75, 3.05) is 0 Å². The minimum Gasteiger partial charge on any atom is -0.481 e. The Balaban J connectivity index is 2.07. The lowest BCUT2D eigenvalue weighted by atomic mass is 9.94. The number of fused-ring (bicyclic) bond motifs is 1. The number of nitrogens with zero attached hydrogens (tertiary/aromatic N) is 3. The summed E-state index contributed by atoms with van der Waals surface area (Å²) < 4.78 is 2.77. The zero-order chi connectivity index (χ0) is 13.4. The molecule has 98 valence electrons. The van der Waals surface area contributed by atoms with E-state index in [1.165, 1.54) is 0 Å². The SMILES string of the molecule is O=C(O)C1CCn2c(Br)nc(-c3ccccn3)c2C1. The number of hydrogen-bond acceptors (Lipinski definition) is 3. The fraction of sp³-hybridized carbons (Fsp3) is 0.308. The molecule has 0 spiro atoms. The topological polar surface area (TPSA) is 68.0 Å². The lowest BCUT2D eigenvalue weighted by Gasteiger charge is -2.21. The van der Waals surface area contributed by atoms with Gasteiger partial charge in [-0.25, -0.2) is 4.98 Å². The molecule has 0 saturated heterocycles. The van der Waals surface area contributed by atoms with Crippen LogP contribution in [0.3, 0.4) is 0 Å². The molecule has 3 rings (SSSR count). The molecular formula is C13H12BrN3O2. The quantitative estimate of drug-likeness (QED) is 0.922. The first-order chi connectivity index (χ1) is 9.16. The molecule has 6 heteroatoms. The molecule has 5 nitrogen and oxygen atoms in total. The summed E-state index contributed by atoms with van der Waals surface area (Å²) in [7, 11) is 0. The van der Waals surface area contributed by atoms with Gasteiger partial charge < -0.3 is 9.67 Å². The van der Waals surface area contributed by atoms with E-state index in [-0.39, 0.29) is 5.92 Å². The second-order valence-corrected chi connectivity index (χ2v) is 5.28. The molecule has 0 aromatic carbocycles. The fourth-order valence-electron chi connectivity index (χ4n) is 2.43. The summed E-state index contributed by atoms with van der Waals surface area (Å²) in [6, 6.07) is 5.64. The number of carbonyl (C=O) groups is 1. The predicted octanol–water partition coefficient (Wildman–Crippen LogP) is 2.35. The maximum absolute atomic E-state index is 11.2. The van der Waals surface area contributed by atoms with Crippen molar-refractivity contribution in [3.8, 4) is 11.4 Å². The smallest absolute Gasteiger partial charge is 0.306 e. The van der Waals surface area contributed by atoms with Gasteiger partial charge in [0.1, 0.15) is 5.69 Å². The summed E-state index contributed by atoms with van der Waals surface area (Å²) in [6.45, 7) is 0.673. The molecule has 1 aliphatic heterocycles. The Bertz CT molecular complexity index is 624. The van der Waals surface area contributed by atoms with E-state index in [0.29, 0.717) is 19.4 Å². The van der Waals surface area contributed by atoms with Gasteiger partial charge in [0.25, 0.3) is 0 Å². The largest absolute Gasteiger partial charge is 0.481 e. The standard InChI is InChI=1S/C13H12BrN3O2/c14-13-16-11(9-3-1-2-5-15-9)10-7-8(12(18)19)4-6-17(10)13/h1-3,5,8H,4,6-7H2,(H,18,19). The normalized spacial score (nSPS) is 18.1. The second-order valence-electron chi connectivity index (χ2n) is 4.57. The Morgan fingerprint density at radius 1 is 1.47 bits per heavy atom. The van der Waals surface area contributed by atoms with Crippen LogP contribution in [-0.2, 0) is 17.8 Å². The monoisotopic (exact) mass is 321 g/mol. The highest BCUT2D eigenvalue weighted by Gasteiger charge is 2.29. The number of carboxylic acids is 1. The minimum absolute atomic E-state index is 0.335. The number of imidazole rings is 1. The third-order valence-electron chi connectivity index (χ3n) is 3.42. The van der Waals surface area contributed by atoms with Gasteiger partial charge in [-0.05, 0) is 34.5 Å². The van der Waals surface area contributed by atoms with Gasteiger partial charge in [0.05, 0.1) is 11.6 Å². The summed E-state index contributed by atoms with van der Waals surface area (Å²) in [5.74, 6) is -1.07. The summed E-state index contributed by atoms with van der Waals surface area (Å²) in [5, 5.41) is 9.18. The average Bonchev–Trinajstić information content (AvgIpc) is 2.77. The zero-order valence-corrected chi connectivity index (χ0v) is 11.7. The van der Waals surface area contributed by atoms with Crippen LogP contribution in [0.4, 0.5) is 0 Å². The maximum atomic E-state index is 11.2. The van der Waals surface area contributed by atoms with Crippen LogP contribution in [0.15, 0.2) is 29.1 Å². The van der Waals surface area contributed by atoms with E-state index in [9.17, 15) is 9.90 Å². The molecule has 0 radical (unpaired) electrons. The summed E-state index contributed by atoms with van der Waals surface area (Å²) in [4.78, 5) is 19.9. The van der Waals surface area contributed by atoms with Gasteiger partial charge in [-0.1, -0.05) is 6.07 Å². The van der Waals surface area contributed by atoms with Crippen molar-refractivity contribution in [2.45, 2.75) is 19.4 Å². The van der Waals surface area contributed by atoms with Crippen LogP contribution in [-0.4, -0.2) is 25.6 Å². The number of aromatic nitrogens is 3. The van der Waals surface area contributed by atoms with Crippen molar-refractivity contribution >= 4 is 21.9 Å². The molecule has 19 heavy (non-hydrogen) atoms. The Kier molecular flexibility index (Phi) is 3.10. The molecule has 2 aromatic rings. The van der Waals surface area contributed by atoms with Crippen LogP contribution in [0.2, 0.25) is 0 Å². The summed E-state index contributed by atoms with van der Waals surface area (Å²) in [5.41, 5.74) is 2.51. The number of aliphatic carboxylic acids is 1. The number of carboxylic acid groups (broad SMARTS) is 1. The maximum Gasteiger partial charge on any atom is 0.306 e. The van der Waals surface area contributed by atoms with Crippen LogP contribution in [0.5, 0.6) is 0 Å². The Labute approximate surface area is 118 Å². The van der Waals surface area contributed by atoms with Crippen molar-refractivity contribution in [1.29, 1.82) is 0 Å². The molecule has 3 heterocycles. The summed E-state index contributed by atoms with van der Waals surface area (Å²) in [6.07, 6.45) is 2.85. The second kappa shape index (κ2) is 4.77. The lowest BCUT2D eigenvalue weighted by Crippen LogP contribution is -2.25. The first kappa shape index (κ1) is 12.3. The molecule has 2 aromatic heterocycles. The molecule has 1 atom stereocenters. The van der Waals surface area contributed by atoms with Crippen LogP contribution in [0.1, 0.15) is 12.1 Å². The molecule has 0 aliphatic carbocycles. The van der Waals surface area contributed by atoms with Gasteiger partial charge in [-0.15, -0.1) is 0 Å². The van der Waals surface area contributed by atoms with Gasteiger partial charge in [0.15, 0.2) is 4.73 Å². The fourth-order valence-corrected chi connectivity index (χ4v) is 3.00. The van der Waals surface area contributed by atoms with Crippen LogP contribution in [0, 0.1) is 5.92 Å². The number of rotatable bonds is 2. The van der Waals surface area contributed by atoms with Gasteiger partial charge >= 0.3 is 5.97 Å². The van der Waals surface area contributed by atoms with E-state index in [4.69, 9.17) is 0 Å². The van der Waals surface area contributed by atoms with Crippen LogP contribution < -0.4 is 0 Å². The van der Waals surface area contributed by atoms with Gasteiger partial charge in [0.2, 0.25) is 0 Å². The molecule has 0 amide bonds. The molecule has 0 fully saturated rings.